The molecule has 0 unspecified atom stereocenters. The fraction of sp³-hybridized carbons (Fsp3) is 1.00. The standard InChI is InChI=1S/2C4H9.Li.Na/c2*1-3-4-2;;/h2*1,3-4H2,2H3;;. The first-order valence-electron chi connectivity index (χ1n) is 4.83. The minimum atomic E-state index is 1.34. The van der Waals surface area contributed by atoms with Gasteiger partial charge in [0.2, 0.25) is 0 Å². The summed E-state index contributed by atoms with van der Waals surface area (Å²) in [4.78, 5) is 0. The van der Waals surface area contributed by atoms with Crippen molar-refractivity contribution in [3.63, 3.8) is 0 Å². The minimum absolute atomic E-state index is 1.34. The summed E-state index contributed by atoms with van der Waals surface area (Å²) in [5.41, 5.74) is 0. The molecule has 0 radical (unpaired) electrons. The zero-order chi connectivity index (χ0) is 8.24. The normalized spacial score (nSPS) is 8.60. The van der Waals surface area contributed by atoms with Gasteiger partial charge in [-0.05, 0) is 0 Å². The molecular weight excluding hydrogens is 126 g/mol. The van der Waals surface area contributed by atoms with Crippen LogP contribution >= 0.6 is 0 Å². The molecule has 0 nitrogen and oxygen atoms in total. The molecule has 0 N–H and O–H groups in total. The zero-order valence-corrected chi connectivity index (χ0v) is 10.2. The van der Waals surface area contributed by atoms with Gasteiger partial charge in [0.15, 0.2) is 0 Å². The summed E-state index contributed by atoms with van der Waals surface area (Å²) in [5, 5.41) is 1.34. The molecule has 0 aliphatic rings. The molecule has 0 saturated carbocycles. The summed E-state index contributed by atoms with van der Waals surface area (Å²) in [6.45, 7) is 4.45. The Kier molecular flexibility index (Phi) is 23.9. The topological polar surface area (TPSA) is 0 Å². The van der Waals surface area contributed by atoms with Gasteiger partial charge in [0, 0.05) is 0 Å². The molecule has 0 spiro atoms. The van der Waals surface area contributed by atoms with Crippen LogP contribution in [0.3, 0.4) is 0 Å². The van der Waals surface area contributed by atoms with Crippen LogP contribution in [-0.4, -0.2) is 45.6 Å². The summed E-state index contributed by atoms with van der Waals surface area (Å²) in [6.07, 6.45) is 5.56. The molecule has 0 aromatic rings. The summed E-state index contributed by atoms with van der Waals surface area (Å²) >= 11 is 3.61. The third-order valence-electron chi connectivity index (χ3n) is 1.41. The van der Waals surface area contributed by atoms with Crippen LogP contribution in [0.4, 0.5) is 0 Å². The van der Waals surface area contributed by atoms with E-state index in [1.807, 2.05) is 0 Å². The van der Waals surface area contributed by atoms with Crippen LogP contribution < -0.4 is 0 Å². The molecular formula is C8H18LiNa. The first-order valence-corrected chi connectivity index (χ1v) is 6.24. The van der Waals surface area contributed by atoms with Crippen molar-refractivity contribution < 1.29 is 0 Å². The molecule has 0 aliphatic carbocycles. The van der Waals surface area contributed by atoms with Crippen molar-refractivity contribution in [1.82, 2.24) is 0 Å². The van der Waals surface area contributed by atoms with Crippen LogP contribution in [0, 0.1) is 0 Å². The number of unbranched alkanes of at least 4 members (excludes halogenated alkanes) is 2. The quantitative estimate of drug-likeness (QED) is 0.532. The second kappa shape index (κ2) is 16.9. The number of rotatable bonds is 4. The molecule has 0 rings (SSSR count). The molecule has 0 saturated heterocycles. The van der Waals surface area contributed by atoms with Gasteiger partial charge < -0.3 is 0 Å². The van der Waals surface area contributed by atoms with Gasteiger partial charge in [-0.1, -0.05) is 0 Å². The van der Waals surface area contributed by atoms with E-state index in [9.17, 15) is 0 Å². The van der Waals surface area contributed by atoms with Crippen molar-refractivity contribution in [1.29, 1.82) is 0 Å². The van der Waals surface area contributed by atoms with Gasteiger partial charge in [-0.2, -0.15) is 0 Å². The summed E-state index contributed by atoms with van der Waals surface area (Å²) in [7, 11) is 0. The third-order valence-corrected chi connectivity index (χ3v) is 2.12. The van der Waals surface area contributed by atoms with Crippen LogP contribution in [0.2, 0.25) is 8.76 Å². The first kappa shape index (κ1) is 14.1. The van der Waals surface area contributed by atoms with Crippen LogP contribution in [0.25, 0.3) is 0 Å². The summed E-state index contributed by atoms with van der Waals surface area (Å²) in [5.74, 6) is 0. The Morgan fingerprint density at radius 1 is 1.10 bits per heavy atom. The molecule has 0 aliphatic heterocycles. The van der Waals surface area contributed by atoms with E-state index in [-0.39, 0.29) is 0 Å². The molecule has 0 heterocycles. The van der Waals surface area contributed by atoms with Crippen molar-refractivity contribution in [2.24, 2.45) is 0 Å². The van der Waals surface area contributed by atoms with Crippen LogP contribution in [0.5, 0.6) is 0 Å². The Morgan fingerprint density at radius 2 is 1.60 bits per heavy atom. The third kappa shape index (κ3) is 22.6. The van der Waals surface area contributed by atoms with Crippen LogP contribution in [0.15, 0.2) is 0 Å². The molecule has 0 atom stereocenters. The van der Waals surface area contributed by atoms with E-state index in [2.05, 4.69) is 31.6 Å². The van der Waals surface area contributed by atoms with Crippen LogP contribution in [0.1, 0.15) is 39.5 Å². The van der Waals surface area contributed by atoms with E-state index in [0.29, 0.717) is 0 Å². The molecule has 0 amide bonds. The molecule has 0 bridgehead atoms. The average Bonchev–Trinajstić information content (AvgIpc) is 1.93. The second-order valence-corrected chi connectivity index (χ2v) is 3.71. The molecule has 0 fully saturated rings. The van der Waals surface area contributed by atoms with E-state index in [1.165, 1.54) is 62.4 Å². The second-order valence-electron chi connectivity index (χ2n) is 2.71. The Hall–Kier alpha value is 1.60. The Bertz CT molecular complexity index is 30.2. The van der Waals surface area contributed by atoms with E-state index < -0.39 is 0 Å². The van der Waals surface area contributed by atoms with Gasteiger partial charge in [-0.25, -0.2) is 0 Å². The van der Waals surface area contributed by atoms with Crippen molar-refractivity contribution in [2.45, 2.75) is 48.3 Å². The fourth-order valence-electron chi connectivity index (χ4n) is 0.707. The maximum atomic E-state index is 2.23. The Labute approximate surface area is 93.2 Å². The fourth-order valence-corrected chi connectivity index (χ4v) is 1.41. The van der Waals surface area contributed by atoms with Gasteiger partial charge in [0.05, 0.1) is 0 Å². The summed E-state index contributed by atoms with van der Waals surface area (Å²) in [6, 6.07) is 0. The predicted octanol–water partition coefficient (Wildman–Crippen LogP) is 2.75. The van der Waals surface area contributed by atoms with Crippen molar-refractivity contribution in [3.8, 4) is 0 Å². The van der Waals surface area contributed by atoms with E-state index in [4.69, 9.17) is 0 Å². The predicted molar refractivity (Wildman–Crippen MR) is 50.9 cm³/mol. The van der Waals surface area contributed by atoms with Gasteiger partial charge in [0.1, 0.15) is 0 Å². The maximum absolute atomic E-state index is 2.23. The molecule has 2 heteroatoms. The zero-order valence-electron chi connectivity index (χ0n) is 8.24. The number of hydrogen-bond donors (Lipinski definition) is 0. The number of hydrogen-bond acceptors (Lipinski definition) is 0. The monoisotopic (exact) mass is 144 g/mol. The van der Waals surface area contributed by atoms with Gasteiger partial charge in [0.25, 0.3) is 0 Å². The SMILES string of the molecule is CCC[CH2][Na].[Li][CH2]CCC. The van der Waals surface area contributed by atoms with Gasteiger partial charge >= 0.3 is 93.9 Å². The van der Waals surface area contributed by atoms with Crippen molar-refractivity contribution in [3.05, 3.63) is 0 Å². The van der Waals surface area contributed by atoms with E-state index in [0.717, 1.165) is 0 Å². The molecule has 0 aromatic heterocycles. The van der Waals surface area contributed by atoms with Crippen LogP contribution in [-0.2, 0) is 0 Å². The van der Waals surface area contributed by atoms with Crippen molar-refractivity contribution >= 4 is 45.6 Å². The molecule has 0 aromatic carbocycles. The van der Waals surface area contributed by atoms with E-state index >= 15 is 0 Å². The first-order chi connectivity index (χ1) is 4.83. The molecule has 52 valence electrons. The van der Waals surface area contributed by atoms with Gasteiger partial charge in [-0.15, -0.1) is 0 Å². The Morgan fingerprint density at radius 3 is 1.60 bits per heavy atom. The van der Waals surface area contributed by atoms with E-state index in [1.54, 1.807) is 0 Å². The van der Waals surface area contributed by atoms with Gasteiger partial charge in [-0.3, -0.25) is 0 Å². The molecule has 10 heavy (non-hydrogen) atoms. The summed E-state index contributed by atoms with van der Waals surface area (Å²) < 4.78 is 1.48. The van der Waals surface area contributed by atoms with Crippen molar-refractivity contribution in [2.75, 3.05) is 0 Å². The average molecular weight is 144 g/mol. The Balaban J connectivity index is 0.